The Bertz CT molecular complexity index is 758. The molecule has 1 rings (SSSR count). The monoisotopic (exact) mass is 733 g/mol. The van der Waals surface area contributed by atoms with Crippen LogP contribution in [0.4, 0.5) is 0 Å². The first kappa shape index (κ1) is 49.0. The average Bonchev–Trinajstić information content (AvgIpc) is 3.15. The van der Waals surface area contributed by atoms with Crippen LogP contribution >= 0.6 is 0 Å². The molecule has 3 atom stereocenters. The van der Waals surface area contributed by atoms with Crippen molar-refractivity contribution in [2.24, 2.45) is 17.3 Å². The number of unbranched alkanes of at least 4 members (excludes halogenated alkanes) is 26. The average molecular weight is 733 g/mol. The summed E-state index contributed by atoms with van der Waals surface area (Å²) in [4.78, 5) is 26.5. The summed E-state index contributed by atoms with van der Waals surface area (Å²) < 4.78 is 6.83. The van der Waals surface area contributed by atoms with Crippen molar-refractivity contribution in [2.75, 3.05) is 0 Å². The number of carboxylic acids is 1. The molecule has 0 saturated heterocycles. The van der Waals surface area contributed by atoms with E-state index in [4.69, 9.17) is 4.74 Å². The van der Waals surface area contributed by atoms with Gasteiger partial charge in [-0.2, -0.15) is 0 Å². The fourth-order valence-corrected chi connectivity index (χ4v) is 9.23. The van der Waals surface area contributed by atoms with Crippen LogP contribution in [0.25, 0.3) is 0 Å². The highest BCUT2D eigenvalue weighted by molar-refractivity contribution is 5.81. The van der Waals surface area contributed by atoms with Gasteiger partial charge in [0.1, 0.15) is 6.10 Å². The van der Waals surface area contributed by atoms with Crippen LogP contribution in [0.15, 0.2) is 0 Å². The molecule has 1 saturated carbocycles. The van der Waals surface area contributed by atoms with Crippen LogP contribution in [0.1, 0.15) is 272 Å². The second kappa shape index (κ2) is 34.4. The molecule has 0 aromatic rings. The van der Waals surface area contributed by atoms with Gasteiger partial charge < -0.3 is 9.84 Å². The lowest BCUT2D eigenvalue weighted by Crippen LogP contribution is -2.42. The highest BCUT2D eigenvalue weighted by Crippen LogP contribution is 2.45. The molecule has 0 radical (unpaired) electrons. The first-order valence-electron chi connectivity index (χ1n) is 23.9. The Balaban J connectivity index is 3.25. The van der Waals surface area contributed by atoms with Gasteiger partial charge in [0, 0.05) is 5.41 Å². The number of ether oxygens (including phenoxy) is 1. The summed E-state index contributed by atoms with van der Waals surface area (Å²) in [5, 5.41) is 10.1. The minimum Gasteiger partial charge on any atom is -0.481 e. The molecule has 0 bridgehead atoms. The second-order valence-corrected chi connectivity index (χ2v) is 17.4. The molecule has 1 fully saturated rings. The molecule has 0 aliphatic heterocycles. The van der Waals surface area contributed by atoms with Crippen molar-refractivity contribution in [3.8, 4) is 0 Å². The summed E-state index contributed by atoms with van der Waals surface area (Å²) in [7, 11) is 0. The lowest BCUT2D eigenvalue weighted by molar-refractivity contribution is -0.171. The second-order valence-electron chi connectivity index (χ2n) is 17.4. The van der Waals surface area contributed by atoms with Crippen molar-refractivity contribution < 1.29 is 19.4 Å². The summed E-state index contributed by atoms with van der Waals surface area (Å²) in [5.41, 5.74) is 0.0130. The van der Waals surface area contributed by atoms with Crippen LogP contribution in [-0.2, 0) is 14.3 Å². The Morgan fingerprint density at radius 1 is 0.481 bits per heavy atom. The summed E-state index contributed by atoms with van der Waals surface area (Å²) in [6, 6.07) is 0. The molecule has 0 aromatic heterocycles. The van der Waals surface area contributed by atoms with Gasteiger partial charge in [0.15, 0.2) is 0 Å². The number of hydrogen-bond donors (Lipinski definition) is 1. The zero-order valence-corrected chi connectivity index (χ0v) is 35.8. The van der Waals surface area contributed by atoms with Crippen molar-refractivity contribution >= 4 is 11.9 Å². The van der Waals surface area contributed by atoms with Gasteiger partial charge in [-0.15, -0.1) is 0 Å². The van der Waals surface area contributed by atoms with Crippen LogP contribution in [0, 0.1) is 17.3 Å². The minimum absolute atomic E-state index is 0.0130. The molecule has 4 nitrogen and oxygen atoms in total. The lowest BCUT2D eigenvalue weighted by atomic mass is 9.68. The van der Waals surface area contributed by atoms with Gasteiger partial charge in [0.25, 0.3) is 0 Å². The zero-order valence-electron chi connectivity index (χ0n) is 35.8. The number of carbonyl (C=O) groups excluding carboxylic acids is 1. The zero-order chi connectivity index (χ0) is 38.0. The molecule has 308 valence electrons. The van der Waals surface area contributed by atoms with E-state index in [-0.39, 0.29) is 17.5 Å². The first-order chi connectivity index (χ1) is 25.5. The Morgan fingerprint density at radius 2 is 0.788 bits per heavy atom. The van der Waals surface area contributed by atoms with E-state index in [0.29, 0.717) is 12.8 Å². The molecule has 0 heterocycles. The maximum atomic E-state index is 14.2. The molecule has 1 aliphatic rings. The standard InChI is InChI=1S/C48H92O4/c1-5-9-13-17-21-24-28-34-40-48(41-35-29-25-22-18-14-10-6-2,42-36-30-26-23-19-15-11-7-3)45(39-31-27-20-16-12-8-4)52-47(51)44-38-33-32-37-43(44)46(49)50/h43-45H,5-42H2,1-4H3,(H,49,50). The van der Waals surface area contributed by atoms with Crippen molar-refractivity contribution in [3.05, 3.63) is 0 Å². The van der Waals surface area contributed by atoms with Crippen molar-refractivity contribution in [1.29, 1.82) is 0 Å². The number of esters is 1. The topological polar surface area (TPSA) is 63.6 Å². The van der Waals surface area contributed by atoms with Gasteiger partial charge in [-0.3, -0.25) is 9.59 Å². The fourth-order valence-electron chi connectivity index (χ4n) is 9.23. The molecule has 3 unspecified atom stereocenters. The number of rotatable bonds is 38. The van der Waals surface area contributed by atoms with Gasteiger partial charge >= 0.3 is 11.9 Å². The highest BCUT2D eigenvalue weighted by atomic mass is 16.5. The first-order valence-corrected chi connectivity index (χ1v) is 23.9. The summed E-state index contributed by atoms with van der Waals surface area (Å²) >= 11 is 0. The van der Waals surface area contributed by atoms with Crippen LogP contribution in [0.2, 0.25) is 0 Å². The van der Waals surface area contributed by atoms with Crippen LogP contribution < -0.4 is 0 Å². The predicted octanol–water partition coefficient (Wildman–Crippen LogP) is 16.1. The van der Waals surface area contributed by atoms with E-state index in [1.165, 1.54) is 186 Å². The maximum absolute atomic E-state index is 14.2. The molecular formula is C48H92O4. The Labute approximate surface area is 325 Å². The molecule has 1 N–H and O–H groups in total. The number of hydrogen-bond acceptors (Lipinski definition) is 3. The van der Waals surface area contributed by atoms with E-state index >= 15 is 0 Å². The van der Waals surface area contributed by atoms with E-state index in [1.807, 2.05) is 0 Å². The Morgan fingerprint density at radius 3 is 1.13 bits per heavy atom. The summed E-state index contributed by atoms with van der Waals surface area (Å²) in [6.45, 7) is 9.16. The smallest absolute Gasteiger partial charge is 0.310 e. The molecular weight excluding hydrogens is 641 g/mol. The number of aliphatic carboxylic acids is 1. The predicted molar refractivity (Wildman–Crippen MR) is 225 cm³/mol. The summed E-state index contributed by atoms with van der Waals surface area (Å²) in [6.07, 6.45) is 46.6. The minimum atomic E-state index is -0.808. The van der Waals surface area contributed by atoms with Gasteiger partial charge in [-0.25, -0.2) is 0 Å². The SMILES string of the molecule is CCCCCCCCCCC(CCCCCCCCCC)(CCCCCCCCCC)C(CCCCCCCC)OC(=O)C1CCCCC1C(=O)O. The van der Waals surface area contributed by atoms with E-state index in [0.717, 1.165) is 44.9 Å². The Hall–Kier alpha value is -1.06. The Kier molecular flexibility index (Phi) is 32.4. The van der Waals surface area contributed by atoms with E-state index in [2.05, 4.69) is 27.7 Å². The van der Waals surface area contributed by atoms with Crippen LogP contribution in [0.5, 0.6) is 0 Å². The largest absolute Gasteiger partial charge is 0.481 e. The summed E-state index contributed by atoms with van der Waals surface area (Å²) in [5.74, 6) is -2.06. The van der Waals surface area contributed by atoms with Gasteiger partial charge in [0.2, 0.25) is 0 Å². The van der Waals surface area contributed by atoms with E-state index in [9.17, 15) is 14.7 Å². The fraction of sp³-hybridized carbons (Fsp3) is 0.958. The number of carbonyl (C=O) groups is 2. The molecule has 1 aliphatic carbocycles. The molecule has 0 spiro atoms. The van der Waals surface area contributed by atoms with E-state index in [1.54, 1.807) is 0 Å². The third-order valence-electron chi connectivity index (χ3n) is 12.7. The van der Waals surface area contributed by atoms with Crippen molar-refractivity contribution in [3.63, 3.8) is 0 Å². The van der Waals surface area contributed by atoms with E-state index < -0.39 is 17.8 Å². The third kappa shape index (κ3) is 23.7. The maximum Gasteiger partial charge on any atom is 0.310 e. The van der Waals surface area contributed by atoms with Crippen molar-refractivity contribution in [2.45, 2.75) is 278 Å². The lowest BCUT2D eigenvalue weighted by Gasteiger charge is -2.42. The molecule has 52 heavy (non-hydrogen) atoms. The molecule has 0 amide bonds. The number of carboxylic acid groups (broad SMARTS) is 1. The van der Waals surface area contributed by atoms with Crippen LogP contribution in [0.3, 0.4) is 0 Å². The van der Waals surface area contributed by atoms with Gasteiger partial charge in [-0.05, 0) is 44.9 Å². The van der Waals surface area contributed by atoms with Crippen LogP contribution in [-0.4, -0.2) is 23.1 Å². The van der Waals surface area contributed by atoms with Gasteiger partial charge in [-0.1, -0.05) is 227 Å². The van der Waals surface area contributed by atoms with Gasteiger partial charge in [0.05, 0.1) is 11.8 Å². The molecule has 4 heteroatoms. The highest BCUT2D eigenvalue weighted by Gasteiger charge is 2.43. The quantitative estimate of drug-likeness (QED) is 0.0507. The third-order valence-corrected chi connectivity index (χ3v) is 12.7. The molecule has 0 aromatic carbocycles. The van der Waals surface area contributed by atoms with Crippen molar-refractivity contribution in [1.82, 2.24) is 0 Å². The normalized spacial score (nSPS) is 17.0.